The van der Waals surface area contributed by atoms with Gasteiger partial charge in [0, 0.05) is 13.1 Å². The van der Waals surface area contributed by atoms with E-state index in [0.717, 1.165) is 22.4 Å². The van der Waals surface area contributed by atoms with Crippen molar-refractivity contribution < 1.29 is 18.7 Å². The summed E-state index contributed by atoms with van der Waals surface area (Å²) in [5, 5.41) is 3.00. The number of hydrogen-bond acceptors (Lipinski definition) is 3. The van der Waals surface area contributed by atoms with Crippen LogP contribution in [0.5, 0.6) is 5.75 Å². The highest BCUT2D eigenvalue weighted by Crippen LogP contribution is 2.25. The SMILES string of the molecule is COc1ccc(CNC(=O)C(c2ccccc2)N(Cc2ccc(F)cc2)C(=O)Cc2ccccc2)cc1. The van der Waals surface area contributed by atoms with E-state index in [4.69, 9.17) is 4.74 Å². The third-order valence-electron chi connectivity index (χ3n) is 6.09. The fraction of sp³-hybridized carbons (Fsp3) is 0.161. The van der Waals surface area contributed by atoms with Gasteiger partial charge in [0.15, 0.2) is 0 Å². The Morgan fingerprint density at radius 3 is 2.00 bits per heavy atom. The van der Waals surface area contributed by atoms with E-state index in [-0.39, 0.29) is 30.6 Å². The van der Waals surface area contributed by atoms with Gasteiger partial charge in [0.05, 0.1) is 13.5 Å². The molecule has 6 heteroatoms. The molecule has 1 unspecified atom stereocenters. The predicted octanol–water partition coefficient (Wildman–Crippen LogP) is 5.46. The minimum absolute atomic E-state index is 0.136. The Morgan fingerprint density at radius 1 is 0.784 bits per heavy atom. The van der Waals surface area contributed by atoms with E-state index in [2.05, 4.69) is 5.32 Å². The van der Waals surface area contributed by atoms with Crippen LogP contribution in [0.3, 0.4) is 0 Å². The van der Waals surface area contributed by atoms with E-state index >= 15 is 0 Å². The maximum absolute atomic E-state index is 13.7. The maximum atomic E-state index is 13.7. The number of benzene rings is 4. The summed E-state index contributed by atoms with van der Waals surface area (Å²) < 4.78 is 18.8. The van der Waals surface area contributed by atoms with Crippen LogP contribution in [0.1, 0.15) is 28.3 Å². The van der Waals surface area contributed by atoms with Crippen LogP contribution >= 0.6 is 0 Å². The smallest absolute Gasteiger partial charge is 0.247 e. The molecule has 0 aromatic heterocycles. The largest absolute Gasteiger partial charge is 0.497 e. The van der Waals surface area contributed by atoms with Gasteiger partial charge in [-0.1, -0.05) is 84.9 Å². The van der Waals surface area contributed by atoms with Gasteiger partial charge in [-0.05, 0) is 46.5 Å². The van der Waals surface area contributed by atoms with Gasteiger partial charge in [-0.15, -0.1) is 0 Å². The number of carbonyl (C=O) groups excluding carboxylic acids is 2. The Kier molecular flexibility index (Phi) is 8.66. The second kappa shape index (κ2) is 12.5. The Labute approximate surface area is 216 Å². The third-order valence-corrected chi connectivity index (χ3v) is 6.09. The molecule has 0 fully saturated rings. The number of nitrogens with zero attached hydrogens (tertiary/aromatic N) is 1. The average molecular weight is 497 g/mol. The molecule has 4 aromatic rings. The molecule has 0 saturated heterocycles. The topological polar surface area (TPSA) is 58.6 Å². The Morgan fingerprint density at radius 2 is 1.38 bits per heavy atom. The molecule has 188 valence electrons. The van der Waals surface area contributed by atoms with Crippen LogP contribution in [0.25, 0.3) is 0 Å². The van der Waals surface area contributed by atoms with E-state index in [0.29, 0.717) is 12.1 Å². The number of ether oxygens (including phenoxy) is 1. The first-order chi connectivity index (χ1) is 18.0. The zero-order chi connectivity index (χ0) is 26.0. The minimum atomic E-state index is -0.874. The van der Waals surface area contributed by atoms with Crippen LogP contribution in [0.4, 0.5) is 4.39 Å². The van der Waals surface area contributed by atoms with Gasteiger partial charge >= 0.3 is 0 Å². The number of carbonyl (C=O) groups is 2. The zero-order valence-corrected chi connectivity index (χ0v) is 20.6. The molecule has 1 N–H and O–H groups in total. The lowest BCUT2D eigenvalue weighted by Gasteiger charge is -2.32. The van der Waals surface area contributed by atoms with Gasteiger partial charge in [-0.2, -0.15) is 0 Å². The van der Waals surface area contributed by atoms with Crippen molar-refractivity contribution in [1.82, 2.24) is 10.2 Å². The van der Waals surface area contributed by atoms with Crippen LogP contribution in [-0.2, 0) is 29.1 Å². The molecule has 1 atom stereocenters. The first-order valence-corrected chi connectivity index (χ1v) is 12.1. The molecule has 0 bridgehead atoms. The summed E-state index contributed by atoms with van der Waals surface area (Å²) in [6, 6.07) is 31.2. The van der Waals surface area contributed by atoms with Gasteiger partial charge < -0.3 is 15.0 Å². The van der Waals surface area contributed by atoms with E-state index in [1.807, 2.05) is 84.9 Å². The van der Waals surface area contributed by atoms with Crippen molar-refractivity contribution in [3.8, 4) is 5.75 Å². The van der Waals surface area contributed by atoms with E-state index in [9.17, 15) is 14.0 Å². The Balaban J connectivity index is 1.64. The quantitative estimate of drug-likeness (QED) is 0.317. The molecule has 5 nitrogen and oxygen atoms in total. The Hall–Kier alpha value is -4.45. The van der Waals surface area contributed by atoms with Crippen molar-refractivity contribution in [3.63, 3.8) is 0 Å². The van der Waals surface area contributed by atoms with Gasteiger partial charge in [-0.3, -0.25) is 9.59 Å². The molecule has 0 aliphatic rings. The normalized spacial score (nSPS) is 11.4. The average Bonchev–Trinajstić information content (AvgIpc) is 2.94. The second-order valence-electron chi connectivity index (χ2n) is 8.69. The Bertz CT molecular complexity index is 1290. The summed E-state index contributed by atoms with van der Waals surface area (Å²) in [7, 11) is 1.60. The number of methoxy groups -OCH3 is 1. The van der Waals surface area contributed by atoms with E-state index < -0.39 is 6.04 Å². The summed E-state index contributed by atoms with van der Waals surface area (Å²) in [4.78, 5) is 29.0. The molecule has 37 heavy (non-hydrogen) atoms. The monoisotopic (exact) mass is 496 g/mol. The zero-order valence-electron chi connectivity index (χ0n) is 20.6. The maximum Gasteiger partial charge on any atom is 0.247 e. The first kappa shape index (κ1) is 25.6. The molecule has 0 spiro atoms. The number of nitrogens with one attached hydrogen (secondary N) is 1. The molecule has 0 saturated carbocycles. The molecule has 0 aliphatic heterocycles. The van der Waals surface area contributed by atoms with Crippen molar-refractivity contribution >= 4 is 11.8 Å². The lowest BCUT2D eigenvalue weighted by Crippen LogP contribution is -2.43. The third kappa shape index (κ3) is 7.04. The number of hydrogen-bond donors (Lipinski definition) is 1. The van der Waals surface area contributed by atoms with Crippen molar-refractivity contribution in [2.45, 2.75) is 25.6 Å². The van der Waals surface area contributed by atoms with Gasteiger partial charge in [0.2, 0.25) is 11.8 Å². The highest BCUT2D eigenvalue weighted by atomic mass is 19.1. The highest BCUT2D eigenvalue weighted by molar-refractivity contribution is 5.89. The summed E-state index contributed by atoms with van der Waals surface area (Å²) in [5.74, 6) is -0.133. The minimum Gasteiger partial charge on any atom is -0.497 e. The summed E-state index contributed by atoms with van der Waals surface area (Å²) >= 11 is 0. The standard InChI is InChI=1S/C31H29FN2O3/c1-37-28-18-14-24(15-19-28)21-33-31(36)30(26-10-6-3-7-11-26)34(22-25-12-16-27(32)17-13-25)29(35)20-23-8-4-2-5-9-23/h2-19,30H,20-22H2,1H3,(H,33,36). The van der Waals surface area contributed by atoms with E-state index in [1.54, 1.807) is 24.1 Å². The fourth-order valence-electron chi connectivity index (χ4n) is 4.12. The summed E-state index contributed by atoms with van der Waals surface area (Å²) in [6.07, 6.45) is 0.136. The molecule has 4 aromatic carbocycles. The van der Waals surface area contributed by atoms with Gasteiger partial charge in [0.1, 0.15) is 17.6 Å². The number of halogens is 1. The molecule has 0 aliphatic carbocycles. The molecule has 4 rings (SSSR count). The predicted molar refractivity (Wildman–Crippen MR) is 141 cm³/mol. The molecule has 2 amide bonds. The van der Waals surface area contributed by atoms with Crippen molar-refractivity contribution in [1.29, 1.82) is 0 Å². The lowest BCUT2D eigenvalue weighted by atomic mass is 10.0. The summed E-state index contributed by atoms with van der Waals surface area (Å²) in [5.41, 5.74) is 3.17. The van der Waals surface area contributed by atoms with Crippen LogP contribution in [0, 0.1) is 5.82 Å². The molecular formula is C31H29FN2O3. The van der Waals surface area contributed by atoms with Gasteiger partial charge in [-0.25, -0.2) is 4.39 Å². The number of rotatable bonds is 10. The van der Waals surface area contributed by atoms with Crippen LogP contribution in [0.15, 0.2) is 109 Å². The molecule has 0 heterocycles. The number of amides is 2. The second-order valence-corrected chi connectivity index (χ2v) is 8.69. The van der Waals surface area contributed by atoms with Crippen LogP contribution in [0.2, 0.25) is 0 Å². The van der Waals surface area contributed by atoms with Crippen molar-refractivity contribution in [2.24, 2.45) is 0 Å². The van der Waals surface area contributed by atoms with Gasteiger partial charge in [0.25, 0.3) is 0 Å². The first-order valence-electron chi connectivity index (χ1n) is 12.1. The van der Waals surface area contributed by atoms with Crippen molar-refractivity contribution in [3.05, 3.63) is 137 Å². The van der Waals surface area contributed by atoms with Crippen molar-refractivity contribution in [2.75, 3.05) is 7.11 Å². The summed E-state index contributed by atoms with van der Waals surface area (Å²) in [6.45, 7) is 0.449. The van der Waals surface area contributed by atoms with Crippen LogP contribution in [-0.4, -0.2) is 23.8 Å². The lowest BCUT2D eigenvalue weighted by molar-refractivity contribution is -0.141. The molecule has 0 radical (unpaired) electrons. The fourth-order valence-corrected chi connectivity index (χ4v) is 4.12. The highest BCUT2D eigenvalue weighted by Gasteiger charge is 2.31. The van der Waals surface area contributed by atoms with E-state index in [1.165, 1.54) is 12.1 Å². The van der Waals surface area contributed by atoms with Crippen LogP contribution < -0.4 is 10.1 Å². The molecular weight excluding hydrogens is 467 g/mol.